The van der Waals surface area contributed by atoms with E-state index in [9.17, 15) is 5.11 Å². The van der Waals surface area contributed by atoms with Crippen molar-refractivity contribution in [2.45, 2.75) is 13.8 Å². The Kier molecular flexibility index (Phi) is 2.08. The molecule has 0 atom stereocenters. The summed E-state index contributed by atoms with van der Waals surface area (Å²) in [5.41, 5.74) is 2.38. The van der Waals surface area contributed by atoms with Gasteiger partial charge in [-0.25, -0.2) is 0 Å². The monoisotopic (exact) mass is 222 g/mol. The van der Waals surface area contributed by atoms with Crippen LogP contribution in [0.2, 0.25) is 0 Å². The Morgan fingerprint density at radius 3 is 2.24 bits per heavy atom. The number of hydrogen-bond donors (Lipinski definition) is 1. The van der Waals surface area contributed by atoms with Crippen molar-refractivity contribution in [3.63, 3.8) is 0 Å². The van der Waals surface area contributed by atoms with Gasteiger partial charge in [0, 0.05) is 10.8 Å². The smallest absolute Gasteiger partial charge is 0.131 e. The van der Waals surface area contributed by atoms with Gasteiger partial charge in [-0.05, 0) is 36.8 Å². The Morgan fingerprint density at radius 1 is 0.706 bits per heavy atom. The highest BCUT2D eigenvalue weighted by molar-refractivity contribution is 6.05. The van der Waals surface area contributed by atoms with Crippen molar-refractivity contribution in [2.24, 2.45) is 0 Å². The van der Waals surface area contributed by atoms with E-state index >= 15 is 0 Å². The van der Waals surface area contributed by atoms with Gasteiger partial charge in [0.25, 0.3) is 0 Å². The lowest BCUT2D eigenvalue weighted by atomic mass is 9.99. The summed E-state index contributed by atoms with van der Waals surface area (Å²) in [7, 11) is 0. The van der Waals surface area contributed by atoms with Crippen LogP contribution in [0.3, 0.4) is 0 Å². The standard InChI is InChI=1S/C16H14O/c1-10-4-6-14-13(7-10)9-12-5-3-11(2)8-15(12)16(14)17/h3-9,17H,1-2H3. The van der Waals surface area contributed by atoms with Crippen LogP contribution < -0.4 is 0 Å². The molecule has 0 bridgehead atoms. The predicted molar refractivity (Wildman–Crippen MR) is 72.6 cm³/mol. The van der Waals surface area contributed by atoms with Crippen LogP contribution in [0, 0.1) is 13.8 Å². The number of phenols is 1. The third-order valence-corrected chi connectivity index (χ3v) is 3.24. The maximum Gasteiger partial charge on any atom is 0.131 e. The van der Waals surface area contributed by atoms with E-state index < -0.39 is 0 Å². The van der Waals surface area contributed by atoms with Crippen LogP contribution in [0.4, 0.5) is 0 Å². The van der Waals surface area contributed by atoms with Gasteiger partial charge in [-0.15, -0.1) is 0 Å². The van der Waals surface area contributed by atoms with Crippen molar-refractivity contribution in [3.8, 4) is 5.75 Å². The number of rotatable bonds is 0. The van der Waals surface area contributed by atoms with E-state index in [0.29, 0.717) is 5.75 Å². The van der Waals surface area contributed by atoms with E-state index in [4.69, 9.17) is 0 Å². The number of fused-ring (bicyclic) bond motifs is 2. The van der Waals surface area contributed by atoms with Gasteiger partial charge in [0.05, 0.1) is 0 Å². The fourth-order valence-corrected chi connectivity index (χ4v) is 2.33. The van der Waals surface area contributed by atoms with Gasteiger partial charge < -0.3 is 5.11 Å². The first kappa shape index (κ1) is 10.2. The molecule has 0 aliphatic carbocycles. The Morgan fingerprint density at radius 2 is 1.41 bits per heavy atom. The highest BCUT2D eigenvalue weighted by Crippen LogP contribution is 2.34. The summed E-state index contributed by atoms with van der Waals surface area (Å²) in [6.45, 7) is 4.11. The molecule has 0 amide bonds. The van der Waals surface area contributed by atoms with Gasteiger partial charge in [0.15, 0.2) is 0 Å². The molecule has 17 heavy (non-hydrogen) atoms. The predicted octanol–water partition coefficient (Wildman–Crippen LogP) is 4.32. The average Bonchev–Trinajstić information content (AvgIpc) is 2.30. The maximum absolute atomic E-state index is 10.3. The normalized spacial score (nSPS) is 11.2. The molecule has 0 saturated carbocycles. The van der Waals surface area contributed by atoms with E-state index in [-0.39, 0.29) is 0 Å². The number of hydrogen-bond acceptors (Lipinski definition) is 1. The lowest BCUT2D eigenvalue weighted by Crippen LogP contribution is -1.81. The Bertz CT molecular complexity index is 726. The number of benzene rings is 3. The molecular weight excluding hydrogens is 208 g/mol. The lowest BCUT2D eigenvalue weighted by Gasteiger charge is -2.07. The minimum absolute atomic E-state index is 0.390. The van der Waals surface area contributed by atoms with E-state index in [2.05, 4.69) is 31.2 Å². The molecule has 0 aromatic heterocycles. The molecule has 0 aliphatic heterocycles. The molecule has 0 spiro atoms. The van der Waals surface area contributed by atoms with Gasteiger partial charge in [0.2, 0.25) is 0 Å². The zero-order valence-corrected chi connectivity index (χ0v) is 9.99. The van der Waals surface area contributed by atoms with E-state index in [1.165, 1.54) is 11.1 Å². The molecule has 84 valence electrons. The topological polar surface area (TPSA) is 20.2 Å². The third kappa shape index (κ3) is 1.55. The average molecular weight is 222 g/mol. The molecule has 3 aromatic rings. The zero-order chi connectivity index (χ0) is 12.0. The van der Waals surface area contributed by atoms with E-state index in [1.807, 2.05) is 25.1 Å². The Hall–Kier alpha value is -2.02. The summed E-state index contributed by atoms with van der Waals surface area (Å²) in [4.78, 5) is 0. The minimum atomic E-state index is 0.390. The second-order valence-corrected chi connectivity index (χ2v) is 4.67. The van der Waals surface area contributed by atoms with Crippen LogP contribution in [-0.4, -0.2) is 5.11 Å². The summed E-state index contributed by atoms with van der Waals surface area (Å²) in [6, 6.07) is 14.4. The molecule has 3 aromatic carbocycles. The van der Waals surface area contributed by atoms with Crippen LogP contribution in [0.25, 0.3) is 21.5 Å². The van der Waals surface area contributed by atoms with Crippen molar-refractivity contribution in [2.75, 3.05) is 0 Å². The Labute approximate surface area is 100 Å². The lowest BCUT2D eigenvalue weighted by molar-refractivity contribution is 0.488. The first-order valence-electron chi connectivity index (χ1n) is 5.78. The summed E-state index contributed by atoms with van der Waals surface area (Å²) >= 11 is 0. The van der Waals surface area contributed by atoms with Gasteiger partial charge in [-0.2, -0.15) is 0 Å². The highest BCUT2D eigenvalue weighted by atomic mass is 16.3. The molecule has 3 rings (SSSR count). The fraction of sp³-hybridized carbons (Fsp3) is 0.125. The second kappa shape index (κ2) is 3.49. The number of aryl methyl sites for hydroxylation is 2. The summed E-state index contributed by atoms with van der Waals surface area (Å²) in [5, 5.41) is 14.4. The fourth-order valence-electron chi connectivity index (χ4n) is 2.33. The quantitative estimate of drug-likeness (QED) is 0.562. The van der Waals surface area contributed by atoms with Crippen LogP contribution in [0.5, 0.6) is 5.75 Å². The summed E-state index contributed by atoms with van der Waals surface area (Å²) in [5.74, 6) is 0.390. The third-order valence-electron chi connectivity index (χ3n) is 3.24. The van der Waals surface area contributed by atoms with Crippen LogP contribution in [-0.2, 0) is 0 Å². The van der Waals surface area contributed by atoms with Gasteiger partial charge in [-0.3, -0.25) is 0 Å². The van der Waals surface area contributed by atoms with Crippen molar-refractivity contribution in [1.29, 1.82) is 0 Å². The summed E-state index contributed by atoms with van der Waals surface area (Å²) < 4.78 is 0. The highest BCUT2D eigenvalue weighted by Gasteiger charge is 2.06. The molecule has 1 nitrogen and oxygen atoms in total. The summed E-state index contributed by atoms with van der Waals surface area (Å²) in [6.07, 6.45) is 0. The van der Waals surface area contributed by atoms with Crippen molar-refractivity contribution in [3.05, 3.63) is 53.6 Å². The van der Waals surface area contributed by atoms with E-state index in [0.717, 1.165) is 21.5 Å². The maximum atomic E-state index is 10.3. The first-order valence-corrected chi connectivity index (χ1v) is 5.78. The van der Waals surface area contributed by atoms with Crippen LogP contribution in [0.15, 0.2) is 42.5 Å². The van der Waals surface area contributed by atoms with Crippen molar-refractivity contribution in [1.82, 2.24) is 0 Å². The molecule has 0 unspecified atom stereocenters. The largest absolute Gasteiger partial charge is 0.507 e. The molecule has 0 aliphatic rings. The molecular formula is C16H14O. The molecule has 0 fully saturated rings. The van der Waals surface area contributed by atoms with E-state index in [1.54, 1.807) is 0 Å². The SMILES string of the molecule is Cc1ccc2c(O)c3cc(C)ccc3cc2c1. The van der Waals surface area contributed by atoms with Crippen molar-refractivity contribution >= 4 is 21.5 Å². The minimum Gasteiger partial charge on any atom is -0.507 e. The van der Waals surface area contributed by atoms with Gasteiger partial charge in [-0.1, -0.05) is 41.5 Å². The van der Waals surface area contributed by atoms with Crippen LogP contribution in [0.1, 0.15) is 11.1 Å². The number of aromatic hydroxyl groups is 1. The molecule has 0 radical (unpaired) electrons. The van der Waals surface area contributed by atoms with Gasteiger partial charge in [0.1, 0.15) is 5.75 Å². The molecule has 0 saturated heterocycles. The first-order chi connectivity index (χ1) is 8.15. The zero-order valence-electron chi connectivity index (χ0n) is 9.99. The molecule has 0 heterocycles. The molecule has 1 N–H and O–H groups in total. The second-order valence-electron chi connectivity index (χ2n) is 4.67. The Balaban J connectivity index is 2.52. The molecule has 1 heteroatoms. The van der Waals surface area contributed by atoms with Crippen LogP contribution >= 0.6 is 0 Å². The van der Waals surface area contributed by atoms with Gasteiger partial charge >= 0.3 is 0 Å². The number of phenolic OH excluding ortho intramolecular Hbond substituents is 1. The van der Waals surface area contributed by atoms with Crippen molar-refractivity contribution < 1.29 is 5.11 Å².